The number of hydrogen-bond acceptors (Lipinski definition) is 7. The van der Waals surface area contributed by atoms with Gasteiger partial charge in [0.25, 0.3) is 0 Å². The van der Waals surface area contributed by atoms with Crippen LogP contribution in [0.3, 0.4) is 0 Å². The summed E-state index contributed by atoms with van der Waals surface area (Å²) >= 11 is 0. The number of rotatable bonds is 12. The Labute approximate surface area is 255 Å². The number of ether oxygens (including phenoxy) is 4. The maximum Gasteiger partial charge on any atom is 0.410 e. The average Bonchev–Trinajstić information content (AvgIpc) is 3.04. The fourth-order valence-electron chi connectivity index (χ4n) is 5.98. The molecule has 2 aliphatic rings. The summed E-state index contributed by atoms with van der Waals surface area (Å²) < 4.78 is 23.3. The van der Waals surface area contributed by atoms with Crippen molar-refractivity contribution in [2.45, 2.75) is 57.5 Å². The second-order valence-electron chi connectivity index (χ2n) is 11.4. The van der Waals surface area contributed by atoms with Crippen LogP contribution in [0.2, 0.25) is 0 Å². The van der Waals surface area contributed by atoms with E-state index in [1.807, 2.05) is 42.5 Å². The Morgan fingerprint density at radius 2 is 1.77 bits per heavy atom. The van der Waals surface area contributed by atoms with Gasteiger partial charge in [-0.15, -0.1) is 0 Å². The molecule has 3 atom stereocenters. The molecule has 3 aromatic rings. The minimum Gasteiger partial charge on any atom is -0.490 e. The summed E-state index contributed by atoms with van der Waals surface area (Å²) in [7, 11) is 1.72. The van der Waals surface area contributed by atoms with Crippen molar-refractivity contribution in [2.24, 2.45) is 0 Å². The topological polar surface area (TPSA) is 80.7 Å². The summed E-state index contributed by atoms with van der Waals surface area (Å²) in [5, 5.41) is 11.4. The molecular formula is C35H44N2O6. The van der Waals surface area contributed by atoms with Gasteiger partial charge in [-0.2, -0.15) is 0 Å². The van der Waals surface area contributed by atoms with Gasteiger partial charge in [-0.3, -0.25) is 0 Å². The second kappa shape index (κ2) is 15.2. The third kappa shape index (κ3) is 8.07. The molecule has 5 rings (SSSR count). The van der Waals surface area contributed by atoms with Crippen molar-refractivity contribution in [1.82, 2.24) is 4.90 Å². The highest BCUT2D eigenvalue weighted by Gasteiger charge is 2.40. The SMILES string of the molecule is CCCc1ccc([C@H]2[C@H](O)CN(C(=O)OCc3ccccc3)C[C@@H]2OCc2ccc3c(c2)N(CCCOC)CCO3)cc1. The lowest BCUT2D eigenvalue weighted by molar-refractivity contribution is -0.0692. The highest BCUT2D eigenvalue weighted by molar-refractivity contribution is 5.68. The van der Waals surface area contributed by atoms with Crippen LogP contribution in [0.5, 0.6) is 5.75 Å². The Bertz CT molecular complexity index is 1300. The number of benzene rings is 3. The van der Waals surface area contributed by atoms with Crippen molar-refractivity contribution in [2.75, 3.05) is 51.4 Å². The Balaban J connectivity index is 1.31. The van der Waals surface area contributed by atoms with E-state index >= 15 is 0 Å². The van der Waals surface area contributed by atoms with Gasteiger partial charge in [-0.25, -0.2) is 4.79 Å². The maximum atomic E-state index is 13.1. The smallest absolute Gasteiger partial charge is 0.410 e. The number of anilines is 1. The summed E-state index contributed by atoms with van der Waals surface area (Å²) in [6.45, 7) is 6.28. The minimum absolute atomic E-state index is 0.179. The molecule has 0 spiro atoms. The van der Waals surface area contributed by atoms with Gasteiger partial charge in [0.2, 0.25) is 0 Å². The van der Waals surface area contributed by atoms with Crippen LogP contribution in [-0.2, 0) is 33.8 Å². The summed E-state index contributed by atoms with van der Waals surface area (Å²) in [4.78, 5) is 17.0. The number of aliphatic hydroxyl groups excluding tert-OH is 1. The van der Waals surface area contributed by atoms with E-state index in [9.17, 15) is 9.90 Å². The first kappa shape index (κ1) is 30.9. The van der Waals surface area contributed by atoms with Crippen molar-refractivity contribution < 1.29 is 28.8 Å². The number of carbonyl (C=O) groups is 1. The zero-order valence-corrected chi connectivity index (χ0v) is 25.3. The Morgan fingerprint density at radius 3 is 2.53 bits per heavy atom. The zero-order valence-electron chi connectivity index (χ0n) is 25.3. The number of likely N-dealkylation sites (tertiary alicyclic amines) is 1. The molecule has 1 fully saturated rings. The van der Waals surface area contributed by atoms with Crippen molar-refractivity contribution in [3.63, 3.8) is 0 Å². The van der Waals surface area contributed by atoms with Crippen LogP contribution in [0.4, 0.5) is 10.5 Å². The van der Waals surface area contributed by atoms with Gasteiger partial charge in [0.15, 0.2) is 0 Å². The zero-order chi connectivity index (χ0) is 30.0. The summed E-state index contributed by atoms with van der Waals surface area (Å²) in [6.07, 6.45) is 1.35. The van der Waals surface area contributed by atoms with E-state index in [1.54, 1.807) is 12.0 Å². The van der Waals surface area contributed by atoms with E-state index in [0.717, 1.165) is 60.5 Å². The molecule has 1 amide bonds. The van der Waals surface area contributed by atoms with Crippen molar-refractivity contribution >= 4 is 11.8 Å². The van der Waals surface area contributed by atoms with Gasteiger partial charge in [-0.05, 0) is 47.2 Å². The lowest BCUT2D eigenvalue weighted by Gasteiger charge is -2.41. The quantitative estimate of drug-likeness (QED) is 0.278. The monoisotopic (exact) mass is 588 g/mol. The molecule has 1 saturated heterocycles. The number of aryl methyl sites for hydroxylation is 1. The normalized spacial score (nSPS) is 19.9. The number of methoxy groups -OCH3 is 1. The number of amides is 1. The Hall–Kier alpha value is -3.59. The molecular weight excluding hydrogens is 544 g/mol. The minimum atomic E-state index is -0.798. The van der Waals surface area contributed by atoms with Crippen LogP contribution in [0.25, 0.3) is 0 Å². The number of nitrogens with zero attached hydrogens (tertiary/aromatic N) is 2. The number of aliphatic hydroxyl groups is 1. The fourth-order valence-corrected chi connectivity index (χ4v) is 5.98. The van der Waals surface area contributed by atoms with E-state index in [1.165, 1.54) is 5.56 Å². The first-order valence-electron chi connectivity index (χ1n) is 15.4. The van der Waals surface area contributed by atoms with Crippen molar-refractivity contribution in [3.05, 3.63) is 95.1 Å². The molecule has 43 heavy (non-hydrogen) atoms. The molecule has 230 valence electrons. The van der Waals surface area contributed by atoms with E-state index in [0.29, 0.717) is 26.4 Å². The number of β-amino-alcohol motifs (C(OH)–C–C–N with tert-alkyl or cyclic N) is 1. The van der Waals surface area contributed by atoms with Crippen LogP contribution in [0.1, 0.15) is 47.9 Å². The van der Waals surface area contributed by atoms with Gasteiger partial charge in [0.1, 0.15) is 19.0 Å². The van der Waals surface area contributed by atoms with Crippen molar-refractivity contribution in [3.8, 4) is 5.75 Å². The van der Waals surface area contributed by atoms with E-state index in [4.69, 9.17) is 18.9 Å². The molecule has 8 heteroatoms. The molecule has 0 saturated carbocycles. The van der Waals surface area contributed by atoms with Crippen LogP contribution in [0, 0.1) is 0 Å². The van der Waals surface area contributed by atoms with Crippen LogP contribution < -0.4 is 9.64 Å². The first-order valence-corrected chi connectivity index (χ1v) is 15.4. The molecule has 0 bridgehead atoms. The largest absolute Gasteiger partial charge is 0.490 e. The van der Waals surface area contributed by atoms with E-state index in [-0.39, 0.29) is 19.1 Å². The van der Waals surface area contributed by atoms with Gasteiger partial charge in [0, 0.05) is 26.2 Å². The molecule has 0 unspecified atom stereocenters. The van der Waals surface area contributed by atoms with Crippen LogP contribution in [-0.4, -0.2) is 74.8 Å². The molecule has 3 aromatic carbocycles. The standard InChI is InChI=1S/C35H44N2O6/c1-3-8-26-11-14-29(15-12-26)34-31(38)22-37(35(39)43-24-27-9-5-4-6-10-27)23-33(34)42-25-28-13-16-32-30(21-28)36(18-20-41-32)17-7-19-40-2/h4-6,9-16,21,31,33-34,38H,3,7-8,17-20,22-25H2,1-2H3/t31-,33+,34+/m1/s1. The van der Waals surface area contributed by atoms with E-state index in [2.05, 4.69) is 42.2 Å². The van der Waals surface area contributed by atoms with Crippen molar-refractivity contribution in [1.29, 1.82) is 0 Å². The molecule has 8 nitrogen and oxygen atoms in total. The predicted molar refractivity (Wildman–Crippen MR) is 167 cm³/mol. The molecule has 2 heterocycles. The Morgan fingerprint density at radius 1 is 0.977 bits per heavy atom. The van der Waals surface area contributed by atoms with Gasteiger partial charge < -0.3 is 33.9 Å². The predicted octanol–water partition coefficient (Wildman–Crippen LogP) is 5.56. The molecule has 0 aliphatic carbocycles. The highest BCUT2D eigenvalue weighted by atomic mass is 16.6. The first-order chi connectivity index (χ1) is 21.1. The molecule has 1 N–H and O–H groups in total. The summed E-state index contributed by atoms with van der Waals surface area (Å²) in [6, 6.07) is 24.2. The lowest BCUT2D eigenvalue weighted by Crippen LogP contribution is -2.53. The lowest BCUT2D eigenvalue weighted by atomic mass is 9.84. The van der Waals surface area contributed by atoms with Gasteiger partial charge in [0.05, 0.1) is 44.1 Å². The van der Waals surface area contributed by atoms with E-state index < -0.39 is 18.3 Å². The molecule has 2 aliphatic heterocycles. The van der Waals surface area contributed by atoms with Gasteiger partial charge >= 0.3 is 6.09 Å². The average molecular weight is 589 g/mol. The second-order valence-corrected chi connectivity index (χ2v) is 11.4. The maximum absolute atomic E-state index is 13.1. The van der Waals surface area contributed by atoms with Gasteiger partial charge in [-0.1, -0.05) is 74.0 Å². The third-order valence-corrected chi connectivity index (χ3v) is 8.21. The number of carbonyl (C=O) groups excluding carboxylic acids is 1. The highest BCUT2D eigenvalue weighted by Crippen LogP contribution is 2.35. The third-order valence-electron chi connectivity index (χ3n) is 8.21. The fraction of sp³-hybridized carbons (Fsp3) is 0.457. The number of piperidine rings is 1. The van der Waals surface area contributed by atoms with Crippen LogP contribution in [0.15, 0.2) is 72.8 Å². The molecule has 0 radical (unpaired) electrons. The Kier molecular flexibility index (Phi) is 10.9. The van der Waals surface area contributed by atoms with Crippen LogP contribution >= 0.6 is 0 Å². The number of fused-ring (bicyclic) bond motifs is 1. The molecule has 0 aromatic heterocycles. The number of hydrogen-bond donors (Lipinski definition) is 1. The summed E-state index contributed by atoms with van der Waals surface area (Å²) in [5.41, 5.74) is 5.26. The summed E-state index contributed by atoms with van der Waals surface area (Å²) in [5.74, 6) is 0.596.